The smallest absolute Gasteiger partial charge is 0.331 e. The molecule has 1 amide bonds. The summed E-state index contributed by atoms with van der Waals surface area (Å²) in [4.78, 5) is 24.5. The van der Waals surface area contributed by atoms with E-state index in [-0.39, 0.29) is 11.9 Å². The van der Waals surface area contributed by atoms with Crippen molar-refractivity contribution < 1.29 is 23.8 Å². The lowest BCUT2D eigenvalue weighted by atomic mass is 9.78. The molecule has 0 aromatic heterocycles. The highest BCUT2D eigenvalue weighted by Crippen LogP contribution is 2.29. The lowest BCUT2D eigenvalue weighted by Gasteiger charge is -2.35. The Morgan fingerprint density at radius 1 is 1.18 bits per heavy atom. The Morgan fingerprint density at radius 2 is 1.93 bits per heavy atom. The maximum Gasteiger partial charge on any atom is 0.331 e. The van der Waals surface area contributed by atoms with E-state index in [1.165, 1.54) is 12.5 Å². The molecule has 28 heavy (non-hydrogen) atoms. The van der Waals surface area contributed by atoms with E-state index in [2.05, 4.69) is 19.2 Å². The van der Waals surface area contributed by atoms with E-state index in [9.17, 15) is 9.59 Å². The number of amides is 1. The van der Waals surface area contributed by atoms with Crippen LogP contribution in [0.2, 0.25) is 0 Å². The highest BCUT2D eigenvalue weighted by atomic mass is 16.5. The lowest BCUT2D eigenvalue weighted by Crippen LogP contribution is -2.47. The van der Waals surface area contributed by atoms with Crippen LogP contribution in [0.3, 0.4) is 0 Å². The van der Waals surface area contributed by atoms with Crippen molar-refractivity contribution in [3.63, 3.8) is 0 Å². The van der Waals surface area contributed by atoms with Crippen LogP contribution in [-0.2, 0) is 14.3 Å². The minimum atomic E-state index is -0.853. The summed E-state index contributed by atoms with van der Waals surface area (Å²) in [5.74, 6) is 1.41. The molecule has 1 saturated carbocycles. The molecule has 1 fully saturated rings. The Bertz CT molecular complexity index is 715. The number of carbonyl (C=O) groups excluding carboxylic acids is 2. The topological polar surface area (TPSA) is 73.9 Å². The van der Waals surface area contributed by atoms with Crippen LogP contribution in [0.15, 0.2) is 24.3 Å². The van der Waals surface area contributed by atoms with E-state index < -0.39 is 12.1 Å². The monoisotopic (exact) mass is 389 g/mol. The fraction of sp³-hybridized carbons (Fsp3) is 0.545. The minimum absolute atomic E-state index is 0.133. The average Bonchev–Trinajstić information content (AvgIpc) is 2.69. The minimum Gasteiger partial charge on any atom is -0.497 e. The molecule has 0 saturated heterocycles. The van der Waals surface area contributed by atoms with Gasteiger partial charge in [0.15, 0.2) is 6.10 Å². The molecule has 1 aromatic rings. The van der Waals surface area contributed by atoms with E-state index in [0.717, 1.165) is 12.8 Å². The predicted molar refractivity (Wildman–Crippen MR) is 108 cm³/mol. The molecule has 0 aliphatic heterocycles. The molecule has 2 rings (SSSR count). The Kier molecular flexibility index (Phi) is 7.91. The summed E-state index contributed by atoms with van der Waals surface area (Å²) in [5, 5.41) is 3.03. The maximum atomic E-state index is 12.4. The molecule has 0 heterocycles. The fourth-order valence-electron chi connectivity index (χ4n) is 3.48. The second-order valence-electron chi connectivity index (χ2n) is 7.40. The third-order valence-electron chi connectivity index (χ3n) is 5.53. The van der Waals surface area contributed by atoms with Crippen molar-refractivity contribution in [3.05, 3.63) is 29.8 Å². The zero-order chi connectivity index (χ0) is 20.7. The Balaban J connectivity index is 1.93. The van der Waals surface area contributed by atoms with Crippen LogP contribution in [0, 0.1) is 11.8 Å². The maximum absolute atomic E-state index is 12.4. The first kappa shape index (κ1) is 21.8. The summed E-state index contributed by atoms with van der Waals surface area (Å²) in [6, 6.07) is 5.42. The van der Waals surface area contributed by atoms with Crippen LogP contribution in [0.1, 0.15) is 45.6 Å². The van der Waals surface area contributed by atoms with Gasteiger partial charge < -0.3 is 19.5 Å². The van der Waals surface area contributed by atoms with Crippen molar-refractivity contribution in [2.45, 2.75) is 52.2 Å². The molecule has 6 heteroatoms. The highest BCUT2D eigenvalue weighted by molar-refractivity contribution is 5.90. The number of esters is 1. The number of ether oxygens (including phenoxy) is 3. The van der Waals surface area contributed by atoms with Gasteiger partial charge in [-0.25, -0.2) is 4.79 Å². The Morgan fingerprint density at radius 3 is 2.61 bits per heavy atom. The second-order valence-corrected chi connectivity index (χ2v) is 7.40. The molecule has 154 valence electrons. The number of rotatable bonds is 7. The quantitative estimate of drug-likeness (QED) is 0.570. The number of hydrogen-bond acceptors (Lipinski definition) is 5. The first-order valence-electron chi connectivity index (χ1n) is 9.76. The van der Waals surface area contributed by atoms with E-state index in [4.69, 9.17) is 14.2 Å². The molecule has 4 atom stereocenters. The van der Waals surface area contributed by atoms with Gasteiger partial charge in [0.2, 0.25) is 0 Å². The van der Waals surface area contributed by atoms with Gasteiger partial charge in [-0.1, -0.05) is 26.7 Å². The van der Waals surface area contributed by atoms with Crippen LogP contribution in [-0.4, -0.2) is 38.2 Å². The summed E-state index contributed by atoms with van der Waals surface area (Å²) in [6.45, 7) is 5.96. The van der Waals surface area contributed by atoms with Crippen LogP contribution >= 0.6 is 0 Å². The average molecular weight is 389 g/mol. The summed E-state index contributed by atoms with van der Waals surface area (Å²) >= 11 is 0. The van der Waals surface area contributed by atoms with Gasteiger partial charge in [-0.05, 0) is 49.5 Å². The number of hydrogen-bond donors (Lipinski definition) is 1. The van der Waals surface area contributed by atoms with E-state index in [1.54, 1.807) is 45.4 Å². The van der Waals surface area contributed by atoms with E-state index in [0.29, 0.717) is 28.9 Å². The third kappa shape index (κ3) is 5.75. The predicted octanol–water partition coefficient (Wildman–Crippen LogP) is 3.59. The summed E-state index contributed by atoms with van der Waals surface area (Å²) < 4.78 is 15.7. The van der Waals surface area contributed by atoms with Gasteiger partial charge in [0.1, 0.15) is 11.5 Å². The summed E-state index contributed by atoms with van der Waals surface area (Å²) in [7, 11) is 3.12. The summed E-state index contributed by atoms with van der Waals surface area (Å²) in [5.41, 5.74) is 0.681. The molecule has 0 radical (unpaired) electrons. The zero-order valence-corrected chi connectivity index (χ0v) is 17.4. The molecular weight excluding hydrogens is 358 g/mol. The third-order valence-corrected chi connectivity index (χ3v) is 5.53. The van der Waals surface area contributed by atoms with Crippen molar-refractivity contribution in [2.75, 3.05) is 14.2 Å². The molecule has 1 aromatic carbocycles. The van der Waals surface area contributed by atoms with Crippen molar-refractivity contribution in [1.82, 2.24) is 5.32 Å². The lowest BCUT2D eigenvalue weighted by molar-refractivity contribution is -0.150. The number of nitrogens with one attached hydrogen (secondary N) is 1. The first-order chi connectivity index (χ1) is 13.3. The molecule has 6 nitrogen and oxygen atoms in total. The fourth-order valence-corrected chi connectivity index (χ4v) is 3.48. The molecular formula is C22H31NO5. The van der Waals surface area contributed by atoms with Crippen LogP contribution in [0.25, 0.3) is 6.08 Å². The molecule has 0 spiro atoms. The van der Waals surface area contributed by atoms with E-state index >= 15 is 0 Å². The standard InChI is InChI=1S/C22H31NO5/c1-14-7-6-8-19(15(14)2)23-22(25)16(3)28-21(24)12-9-17-13-18(26-4)10-11-20(17)27-5/h9-16,19H,6-8H2,1-5H3,(H,23,25)/b12-9+/t14-,15-,16-,19-/m1/s1. The van der Waals surface area contributed by atoms with Gasteiger partial charge in [-0.15, -0.1) is 0 Å². The van der Waals surface area contributed by atoms with Crippen LogP contribution < -0.4 is 14.8 Å². The van der Waals surface area contributed by atoms with Crippen molar-refractivity contribution in [3.8, 4) is 11.5 Å². The van der Waals surface area contributed by atoms with Crippen LogP contribution in [0.4, 0.5) is 0 Å². The normalized spacial score (nSPS) is 23.1. The zero-order valence-electron chi connectivity index (χ0n) is 17.4. The van der Waals surface area contributed by atoms with Gasteiger partial charge >= 0.3 is 5.97 Å². The number of carbonyl (C=O) groups is 2. The summed E-state index contributed by atoms with van der Waals surface area (Å²) in [6.07, 6.45) is 5.28. The largest absolute Gasteiger partial charge is 0.497 e. The Labute approximate surface area is 167 Å². The second kappa shape index (κ2) is 10.2. The number of benzene rings is 1. The van der Waals surface area contributed by atoms with Gasteiger partial charge in [-0.2, -0.15) is 0 Å². The van der Waals surface area contributed by atoms with Crippen molar-refractivity contribution >= 4 is 18.0 Å². The molecule has 0 bridgehead atoms. The van der Waals surface area contributed by atoms with Gasteiger partial charge in [0.25, 0.3) is 5.91 Å². The highest BCUT2D eigenvalue weighted by Gasteiger charge is 2.29. The van der Waals surface area contributed by atoms with Crippen molar-refractivity contribution in [1.29, 1.82) is 0 Å². The number of methoxy groups -OCH3 is 2. The Hall–Kier alpha value is -2.50. The first-order valence-corrected chi connectivity index (χ1v) is 9.76. The molecule has 1 N–H and O–H groups in total. The van der Waals surface area contributed by atoms with Gasteiger partial charge in [0, 0.05) is 17.7 Å². The van der Waals surface area contributed by atoms with Gasteiger partial charge in [-0.3, -0.25) is 4.79 Å². The van der Waals surface area contributed by atoms with Crippen molar-refractivity contribution in [2.24, 2.45) is 11.8 Å². The molecule has 0 unspecified atom stereocenters. The SMILES string of the molecule is COc1ccc(OC)c(/C=C/C(=O)O[C@H](C)C(=O)N[C@@H]2CCC[C@@H](C)[C@H]2C)c1. The molecule has 1 aliphatic rings. The van der Waals surface area contributed by atoms with E-state index in [1.807, 2.05) is 0 Å². The molecule has 1 aliphatic carbocycles. The van der Waals surface area contributed by atoms with Gasteiger partial charge in [0.05, 0.1) is 14.2 Å². The van der Waals surface area contributed by atoms with Crippen LogP contribution in [0.5, 0.6) is 11.5 Å².